The van der Waals surface area contributed by atoms with E-state index in [4.69, 9.17) is 5.26 Å². The molecule has 0 aromatic heterocycles. The fraction of sp³-hybridized carbons (Fsp3) is 0.625. The molecule has 1 amide bonds. The van der Waals surface area contributed by atoms with E-state index in [1.165, 1.54) is 12.5 Å². The Hall–Kier alpha value is -2.64. The highest BCUT2D eigenvalue weighted by Crippen LogP contribution is 2.28. The number of nitriles is 2. The third kappa shape index (κ3) is 6.67. The maximum Gasteiger partial charge on any atom is 0.220 e. The molecule has 1 saturated heterocycles. The van der Waals surface area contributed by atoms with Gasteiger partial charge in [-0.1, -0.05) is 6.07 Å². The second-order valence-corrected chi connectivity index (χ2v) is 8.66. The van der Waals surface area contributed by atoms with E-state index < -0.39 is 5.82 Å². The fourth-order valence-corrected chi connectivity index (χ4v) is 4.69. The van der Waals surface area contributed by atoms with Gasteiger partial charge in [-0.05, 0) is 63.1 Å². The van der Waals surface area contributed by atoms with Gasteiger partial charge in [-0.25, -0.2) is 4.39 Å². The van der Waals surface area contributed by atoms with Gasteiger partial charge in [-0.2, -0.15) is 10.5 Å². The van der Waals surface area contributed by atoms with E-state index in [0.29, 0.717) is 30.9 Å². The van der Waals surface area contributed by atoms with Crippen LogP contribution in [0.25, 0.3) is 0 Å². The molecule has 31 heavy (non-hydrogen) atoms. The smallest absolute Gasteiger partial charge is 0.220 e. The predicted octanol–water partition coefficient (Wildman–Crippen LogP) is 3.58. The Bertz CT molecular complexity index is 814. The molecule has 1 saturated carbocycles. The van der Waals surface area contributed by atoms with Gasteiger partial charge in [0.1, 0.15) is 17.4 Å². The number of carbonyl (C=O) groups is 1. The van der Waals surface area contributed by atoms with Gasteiger partial charge in [0.25, 0.3) is 0 Å². The summed E-state index contributed by atoms with van der Waals surface area (Å²) in [6.45, 7) is 4.54. The Morgan fingerprint density at radius 3 is 2.55 bits per heavy atom. The molecule has 7 heteroatoms. The number of nitrogens with zero attached hydrogens (tertiary/aromatic N) is 4. The number of halogens is 1. The Kier molecular flexibility index (Phi) is 8.67. The van der Waals surface area contributed by atoms with Gasteiger partial charge in [0.05, 0.1) is 11.8 Å². The minimum atomic E-state index is -0.448. The van der Waals surface area contributed by atoms with Gasteiger partial charge in [0, 0.05) is 45.1 Å². The normalized spacial score (nSPS) is 21.8. The fourth-order valence-electron chi connectivity index (χ4n) is 4.69. The average molecular weight is 426 g/mol. The predicted molar refractivity (Wildman–Crippen MR) is 118 cm³/mol. The number of carbonyl (C=O) groups excluding carboxylic acids is 1. The minimum absolute atomic E-state index is 0.0782. The van der Waals surface area contributed by atoms with E-state index in [1.54, 1.807) is 6.07 Å². The molecule has 0 spiro atoms. The van der Waals surface area contributed by atoms with Crippen molar-refractivity contribution in [2.24, 2.45) is 5.92 Å². The summed E-state index contributed by atoms with van der Waals surface area (Å²) in [7, 11) is 0. The molecule has 166 valence electrons. The number of piperazine rings is 1. The molecule has 0 bridgehead atoms. The van der Waals surface area contributed by atoms with Gasteiger partial charge in [-0.15, -0.1) is 0 Å². The van der Waals surface area contributed by atoms with Crippen LogP contribution in [0.5, 0.6) is 0 Å². The van der Waals surface area contributed by atoms with Crippen molar-refractivity contribution in [3.63, 3.8) is 0 Å². The van der Waals surface area contributed by atoms with E-state index in [2.05, 4.69) is 21.2 Å². The summed E-state index contributed by atoms with van der Waals surface area (Å²) in [5.41, 5.74) is 0.847. The van der Waals surface area contributed by atoms with Crippen LogP contribution in [0.2, 0.25) is 0 Å². The van der Waals surface area contributed by atoms with Crippen molar-refractivity contribution in [2.75, 3.05) is 37.6 Å². The summed E-state index contributed by atoms with van der Waals surface area (Å²) < 4.78 is 13.9. The zero-order chi connectivity index (χ0) is 22.1. The molecular formula is C24H32FN5O. The third-order valence-corrected chi connectivity index (χ3v) is 6.57. The van der Waals surface area contributed by atoms with Crippen LogP contribution in [-0.2, 0) is 4.79 Å². The van der Waals surface area contributed by atoms with Crippen LogP contribution in [0.15, 0.2) is 18.2 Å². The van der Waals surface area contributed by atoms with E-state index >= 15 is 0 Å². The quantitative estimate of drug-likeness (QED) is 0.644. The molecule has 0 unspecified atom stereocenters. The van der Waals surface area contributed by atoms with Gasteiger partial charge < -0.3 is 10.2 Å². The van der Waals surface area contributed by atoms with Crippen LogP contribution in [0, 0.1) is 34.4 Å². The molecule has 1 aromatic carbocycles. The molecule has 1 aliphatic carbocycles. The van der Waals surface area contributed by atoms with E-state index in [1.807, 2.05) is 12.1 Å². The lowest BCUT2D eigenvalue weighted by molar-refractivity contribution is -0.122. The Morgan fingerprint density at radius 1 is 1.13 bits per heavy atom. The summed E-state index contributed by atoms with van der Waals surface area (Å²) in [5.74, 6) is 0.337. The summed E-state index contributed by atoms with van der Waals surface area (Å²) >= 11 is 0. The number of amides is 1. The van der Waals surface area contributed by atoms with Crippen molar-refractivity contribution >= 4 is 11.6 Å². The van der Waals surface area contributed by atoms with E-state index in [9.17, 15) is 14.4 Å². The van der Waals surface area contributed by atoms with E-state index in [0.717, 1.165) is 58.4 Å². The highest BCUT2D eigenvalue weighted by atomic mass is 19.1. The summed E-state index contributed by atoms with van der Waals surface area (Å²) in [5, 5.41) is 20.9. The first-order chi connectivity index (χ1) is 15.1. The lowest BCUT2D eigenvalue weighted by atomic mass is 9.84. The van der Waals surface area contributed by atoms with Gasteiger partial charge in [-0.3, -0.25) is 9.69 Å². The summed E-state index contributed by atoms with van der Waals surface area (Å²) in [4.78, 5) is 16.5. The standard InChI is InChI=1S/C24H32FN5O/c25-22-4-3-5-23(21(22)18-27)30-16-14-29(15-17-30)13-11-19-7-9-20(10-8-19)28-24(31)6-1-2-12-26/h3-5,19-20H,1-2,6-11,13-17H2,(H,28,31)/t19-,20-. The molecule has 1 heterocycles. The third-order valence-electron chi connectivity index (χ3n) is 6.57. The maximum absolute atomic E-state index is 13.9. The van der Waals surface area contributed by atoms with Crippen molar-refractivity contribution < 1.29 is 9.18 Å². The molecule has 6 nitrogen and oxygen atoms in total. The van der Waals surface area contributed by atoms with Crippen LogP contribution < -0.4 is 10.2 Å². The molecule has 0 radical (unpaired) electrons. The largest absolute Gasteiger partial charge is 0.368 e. The zero-order valence-corrected chi connectivity index (χ0v) is 18.2. The van der Waals surface area contributed by atoms with Gasteiger partial charge >= 0.3 is 0 Å². The molecular weight excluding hydrogens is 393 g/mol. The van der Waals surface area contributed by atoms with Crippen molar-refractivity contribution in [2.45, 2.75) is 57.4 Å². The zero-order valence-electron chi connectivity index (χ0n) is 18.2. The first kappa shape index (κ1) is 23.0. The van der Waals surface area contributed by atoms with Crippen LogP contribution in [0.3, 0.4) is 0 Å². The van der Waals surface area contributed by atoms with E-state index in [-0.39, 0.29) is 17.5 Å². The molecule has 2 fully saturated rings. The topological polar surface area (TPSA) is 83.2 Å². The lowest BCUT2D eigenvalue weighted by Crippen LogP contribution is -2.47. The number of rotatable bonds is 8. The number of anilines is 1. The van der Waals surface area contributed by atoms with Crippen LogP contribution >= 0.6 is 0 Å². The lowest BCUT2D eigenvalue weighted by Gasteiger charge is -2.37. The maximum atomic E-state index is 13.9. The molecule has 1 N–H and O–H groups in total. The number of hydrogen-bond donors (Lipinski definition) is 1. The van der Waals surface area contributed by atoms with Crippen molar-refractivity contribution in [1.82, 2.24) is 10.2 Å². The second kappa shape index (κ2) is 11.7. The average Bonchev–Trinajstić information content (AvgIpc) is 2.79. The van der Waals surface area contributed by atoms with Crippen LogP contribution in [0.4, 0.5) is 10.1 Å². The Morgan fingerprint density at radius 2 is 1.87 bits per heavy atom. The van der Waals surface area contributed by atoms with Crippen LogP contribution in [-0.4, -0.2) is 49.6 Å². The van der Waals surface area contributed by atoms with Crippen molar-refractivity contribution in [3.05, 3.63) is 29.6 Å². The number of hydrogen-bond acceptors (Lipinski definition) is 5. The second-order valence-electron chi connectivity index (χ2n) is 8.66. The van der Waals surface area contributed by atoms with Gasteiger partial charge in [0.2, 0.25) is 5.91 Å². The summed E-state index contributed by atoms with van der Waals surface area (Å²) in [6.07, 6.45) is 7.09. The highest BCUT2D eigenvalue weighted by molar-refractivity contribution is 5.76. The van der Waals surface area contributed by atoms with Gasteiger partial charge in [0.15, 0.2) is 0 Å². The van der Waals surface area contributed by atoms with Crippen LogP contribution in [0.1, 0.15) is 56.9 Å². The van der Waals surface area contributed by atoms with Crippen molar-refractivity contribution in [1.29, 1.82) is 10.5 Å². The first-order valence-corrected chi connectivity index (χ1v) is 11.4. The highest BCUT2D eigenvalue weighted by Gasteiger charge is 2.24. The molecule has 2 aliphatic rings. The molecule has 1 aromatic rings. The molecule has 0 atom stereocenters. The first-order valence-electron chi connectivity index (χ1n) is 11.4. The number of unbranched alkanes of at least 4 members (excludes halogenated alkanes) is 1. The summed E-state index contributed by atoms with van der Waals surface area (Å²) in [6, 6.07) is 9.20. The SMILES string of the molecule is N#CCCCC(=O)N[C@H]1CC[C@H](CCN2CCN(c3cccc(F)c3C#N)CC2)CC1. The minimum Gasteiger partial charge on any atom is -0.368 e. The molecule has 3 rings (SSSR count). The monoisotopic (exact) mass is 425 g/mol. The number of nitrogens with one attached hydrogen (secondary N) is 1. The molecule has 1 aliphatic heterocycles. The van der Waals surface area contributed by atoms with Crippen molar-refractivity contribution in [3.8, 4) is 12.1 Å². The Labute approximate surface area is 184 Å². The Balaban J connectivity index is 1.34. The number of benzene rings is 1.